The standard InChI is InChI=1S/C22H23F2N5O3/c1-3-32-21(31)27-18-11-17(13-25-14(18)2)29-7-4-15-10-16(12-26-19(15)29)20(30)28-8-5-22(23,24)6-9-28/h4,7,10-13H,3,5-6,8-9H2,1-2H3,(H,27,31). The first-order chi connectivity index (χ1) is 15.3. The number of pyridine rings is 2. The summed E-state index contributed by atoms with van der Waals surface area (Å²) in [5.41, 5.74) is 2.76. The zero-order valence-electron chi connectivity index (χ0n) is 17.8. The van der Waals surface area contributed by atoms with Crippen molar-refractivity contribution in [1.29, 1.82) is 0 Å². The lowest BCUT2D eigenvalue weighted by Gasteiger charge is -2.31. The summed E-state index contributed by atoms with van der Waals surface area (Å²) in [5.74, 6) is -3.01. The van der Waals surface area contributed by atoms with Gasteiger partial charge in [-0.2, -0.15) is 0 Å². The van der Waals surface area contributed by atoms with Gasteiger partial charge in [-0.05, 0) is 32.0 Å². The van der Waals surface area contributed by atoms with Crippen LogP contribution >= 0.6 is 0 Å². The maximum Gasteiger partial charge on any atom is 0.411 e. The number of nitrogens with one attached hydrogen (secondary N) is 1. The number of halogens is 2. The fraction of sp³-hybridized carbons (Fsp3) is 0.364. The van der Waals surface area contributed by atoms with Gasteiger partial charge < -0.3 is 9.64 Å². The molecule has 1 aliphatic rings. The molecule has 0 aromatic carbocycles. The molecule has 1 N–H and O–H groups in total. The van der Waals surface area contributed by atoms with Crippen LogP contribution in [0.1, 0.15) is 35.8 Å². The average Bonchev–Trinajstić information content (AvgIpc) is 3.18. The van der Waals surface area contributed by atoms with Gasteiger partial charge in [0.05, 0.1) is 35.4 Å². The number of hydrogen-bond acceptors (Lipinski definition) is 5. The largest absolute Gasteiger partial charge is 0.450 e. The number of ether oxygens (including phenoxy) is 1. The molecule has 0 atom stereocenters. The number of likely N-dealkylation sites (tertiary alicyclic amines) is 1. The molecule has 3 aromatic rings. The fourth-order valence-electron chi connectivity index (χ4n) is 3.63. The minimum Gasteiger partial charge on any atom is -0.450 e. The lowest BCUT2D eigenvalue weighted by Crippen LogP contribution is -2.42. The van der Waals surface area contributed by atoms with E-state index in [2.05, 4.69) is 15.3 Å². The molecular formula is C22H23F2N5O3. The van der Waals surface area contributed by atoms with Crippen LogP contribution in [0.2, 0.25) is 0 Å². The molecule has 10 heteroatoms. The van der Waals surface area contributed by atoms with Crippen LogP contribution in [0.25, 0.3) is 16.7 Å². The molecule has 0 radical (unpaired) electrons. The van der Waals surface area contributed by atoms with E-state index in [-0.39, 0.29) is 38.4 Å². The molecule has 4 heterocycles. The molecular weight excluding hydrogens is 420 g/mol. The molecule has 0 bridgehead atoms. The van der Waals surface area contributed by atoms with Crippen molar-refractivity contribution in [2.24, 2.45) is 0 Å². The first kappa shape index (κ1) is 21.7. The van der Waals surface area contributed by atoms with Crippen molar-refractivity contribution >= 4 is 28.7 Å². The van der Waals surface area contributed by atoms with E-state index in [1.807, 2.05) is 6.07 Å². The van der Waals surface area contributed by atoms with Crippen LogP contribution in [-0.4, -0.2) is 57.1 Å². The van der Waals surface area contributed by atoms with Crippen molar-refractivity contribution in [2.45, 2.75) is 32.6 Å². The lowest BCUT2D eigenvalue weighted by atomic mass is 10.1. The van der Waals surface area contributed by atoms with Gasteiger partial charge in [0, 0.05) is 43.7 Å². The Labute approximate surface area is 183 Å². The number of piperidine rings is 1. The van der Waals surface area contributed by atoms with Crippen molar-refractivity contribution < 1.29 is 23.1 Å². The molecule has 0 saturated carbocycles. The van der Waals surface area contributed by atoms with Gasteiger partial charge >= 0.3 is 6.09 Å². The highest BCUT2D eigenvalue weighted by molar-refractivity contribution is 5.97. The quantitative estimate of drug-likeness (QED) is 0.654. The number of rotatable bonds is 4. The van der Waals surface area contributed by atoms with Gasteiger partial charge in [0.25, 0.3) is 11.8 Å². The van der Waals surface area contributed by atoms with Gasteiger partial charge in [0.2, 0.25) is 0 Å². The summed E-state index contributed by atoms with van der Waals surface area (Å²) in [5, 5.41) is 3.39. The Morgan fingerprint density at radius 2 is 1.94 bits per heavy atom. The maximum absolute atomic E-state index is 13.4. The van der Waals surface area contributed by atoms with Crippen LogP contribution in [0.15, 0.2) is 36.8 Å². The molecule has 0 spiro atoms. The third kappa shape index (κ3) is 4.39. The molecule has 1 saturated heterocycles. The highest BCUT2D eigenvalue weighted by atomic mass is 19.3. The third-order valence-corrected chi connectivity index (χ3v) is 5.42. The molecule has 168 valence electrons. The van der Waals surface area contributed by atoms with Crippen LogP contribution in [0, 0.1) is 6.92 Å². The number of alkyl halides is 2. The number of amides is 2. The monoisotopic (exact) mass is 443 g/mol. The van der Waals surface area contributed by atoms with Gasteiger partial charge in [-0.25, -0.2) is 18.6 Å². The predicted molar refractivity (Wildman–Crippen MR) is 114 cm³/mol. The molecule has 8 nitrogen and oxygen atoms in total. The fourth-order valence-corrected chi connectivity index (χ4v) is 3.63. The third-order valence-electron chi connectivity index (χ3n) is 5.42. The summed E-state index contributed by atoms with van der Waals surface area (Å²) in [7, 11) is 0. The second kappa shape index (κ2) is 8.52. The summed E-state index contributed by atoms with van der Waals surface area (Å²) in [6.07, 6.45) is 3.67. The minimum absolute atomic E-state index is 0.0240. The number of fused-ring (bicyclic) bond motifs is 1. The molecule has 4 rings (SSSR count). The summed E-state index contributed by atoms with van der Waals surface area (Å²) >= 11 is 0. The number of carbonyl (C=O) groups excluding carboxylic acids is 2. The van der Waals surface area contributed by atoms with Gasteiger partial charge in [-0.1, -0.05) is 0 Å². The van der Waals surface area contributed by atoms with Gasteiger partial charge in [-0.15, -0.1) is 0 Å². The second-order valence-corrected chi connectivity index (χ2v) is 7.64. The topological polar surface area (TPSA) is 89.4 Å². The summed E-state index contributed by atoms with van der Waals surface area (Å²) in [6.45, 7) is 3.79. The zero-order valence-corrected chi connectivity index (χ0v) is 17.8. The van der Waals surface area contributed by atoms with E-state index in [9.17, 15) is 18.4 Å². The highest BCUT2D eigenvalue weighted by Gasteiger charge is 2.35. The minimum atomic E-state index is -2.71. The molecule has 32 heavy (non-hydrogen) atoms. The van der Waals surface area contributed by atoms with Crippen molar-refractivity contribution in [2.75, 3.05) is 25.0 Å². The van der Waals surface area contributed by atoms with Crippen LogP contribution in [0.5, 0.6) is 0 Å². The molecule has 2 amide bonds. The summed E-state index contributed by atoms with van der Waals surface area (Å²) in [6, 6.07) is 5.27. The van der Waals surface area contributed by atoms with Crippen molar-refractivity contribution in [3.8, 4) is 5.69 Å². The Morgan fingerprint density at radius 3 is 2.66 bits per heavy atom. The van der Waals surface area contributed by atoms with E-state index in [1.165, 1.54) is 11.1 Å². The van der Waals surface area contributed by atoms with Gasteiger partial charge in [0.15, 0.2) is 0 Å². The maximum atomic E-state index is 13.4. The number of aromatic nitrogens is 3. The number of nitrogens with zero attached hydrogens (tertiary/aromatic N) is 4. The summed E-state index contributed by atoms with van der Waals surface area (Å²) in [4.78, 5) is 34.7. The van der Waals surface area contributed by atoms with E-state index in [0.29, 0.717) is 28.3 Å². The van der Waals surface area contributed by atoms with E-state index < -0.39 is 12.0 Å². The van der Waals surface area contributed by atoms with Gasteiger partial charge in [-0.3, -0.25) is 19.7 Å². The Bertz CT molecular complexity index is 1170. The van der Waals surface area contributed by atoms with E-state index in [4.69, 9.17) is 4.74 Å². The zero-order chi connectivity index (χ0) is 22.9. The molecule has 1 fully saturated rings. The number of aryl methyl sites for hydroxylation is 1. The first-order valence-corrected chi connectivity index (χ1v) is 10.3. The molecule has 0 aliphatic carbocycles. The van der Waals surface area contributed by atoms with E-state index in [1.54, 1.807) is 42.9 Å². The normalized spacial score (nSPS) is 15.6. The number of carbonyl (C=O) groups is 2. The second-order valence-electron chi connectivity index (χ2n) is 7.64. The van der Waals surface area contributed by atoms with Gasteiger partial charge in [0.1, 0.15) is 5.65 Å². The SMILES string of the molecule is CCOC(=O)Nc1cc(-n2ccc3cc(C(=O)N4CCC(F)(F)CC4)cnc32)cnc1C. The van der Waals surface area contributed by atoms with Crippen LogP contribution in [0.3, 0.4) is 0 Å². The molecule has 3 aromatic heterocycles. The first-order valence-electron chi connectivity index (χ1n) is 10.3. The Hall–Kier alpha value is -3.56. The van der Waals surface area contributed by atoms with Crippen molar-refractivity contribution in [3.05, 3.63) is 48.0 Å². The number of hydrogen-bond donors (Lipinski definition) is 1. The predicted octanol–water partition coefficient (Wildman–Crippen LogP) is 4.17. The Balaban J connectivity index is 1.58. The van der Waals surface area contributed by atoms with Crippen molar-refractivity contribution in [1.82, 2.24) is 19.4 Å². The van der Waals surface area contributed by atoms with Crippen LogP contribution in [-0.2, 0) is 4.74 Å². The smallest absolute Gasteiger partial charge is 0.411 e. The molecule has 0 unspecified atom stereocenters. The van der Waals surface area contributed by atoms with Crippen LogP contribution < -0.4 is 5.32 Å². The Morgan fingerprint density at radius 1 is 1.19 bits per heavy atom. The highest BCUT2D eigenvalue weighted by Crippen LogP contribution is 2.29. The Kier molecular flexibility index (Phi) is 5.77. The van der Waals surface area contributed by atoms with Crippen LogP contribution in [0.4, 0.5) is 19.3 Å². The average molecular weight is 443 g/mol. The van der Waals surface area contributed by atoms with E-state index in [0.717, 1.165) is 5.39 Å². The molecule has 1 aliphatic heterocycles. The van der Waals surface area contributed by atoms with Crippen molar-refractivity contribution in [3.63, 3.8) is 0 Å². The lowest BCUT2D eigenvalue weighted by molar-refractivity contribution is -0.0494. The van der Waals surface area contributed by atoms with E-state index >= 15 is 0 Å². The number of anilines is 1. The summed E-state index contributed by atoms with van der Waals surface area (Å²) < 4.78 is 33.5.